The molecule has 5 atom stereocenters. The van der Waals surface area contributed by atoms with E-state index in [1.807, 2.05) is 68.1 Å². The molecule has 0 amide bonds. The van der Waals surface area contributed by atoms with E-state index < -0.39 is 24.5 Å². The molecule has 242 valence electrons. The van der Waals surface area contributed by atoms with Crippen LogP contribution in [0, 0.1) is 6.92 Å². The molecule has 1 fully saturated rings. The van der Waals surface area contributed by atoms with Gasteiger partial charge in [0, 0.05) is 38.2 Å². The molecule has 5 heterocycles. The van der Waals surface area contributed by atoms with Crippen LogP contribution in [-0.2, 0) is 18.2 Å². The Hall–Kier alpha value is -4.76. The summed E-state index contributed by atoms with van der Waals surface area (Å²) >= 11 is 1.32. The van der Waals surface area contributed by atoms with Crippen molar-refractivity contribution in [2.75, 3.05) is 17.2 Å². The highest BCUT2D eigenvalue weighted by Crippen LogP contribution is 2.41. The highest BCUT2D eigenvalue weighted by Gasteiger charge is 2.46. The fourth-order valence-corrected chi connectivity index (χ4v) is 6.74. The fourth-order valence-electron chi connectivity index (χ4n) is 5.97. The predicted octanol–water partition coefficient (Wildman–Crippen LogP) is 4.00. The number of fused-ring (bicyclic) bond motifs is 1. The molecule has 6 aromatic rings. The van der Waals surface area contributed by atoms with E-state index in [0.29, 0.717) is 40.9 Å². The molecule has 4 aromatic heterocycles. The maximum atomic E-state index is 11.2. The van der Waals surface area contributed by atoms with Gasteiger partial charge >= 0.3 is 0 Å². The summed E-state index contributed by atoms with van der Waals surface area (Å²) in [4.78, 5) is 18.9. The number of ether oxygens (including phenoxy) is 1. The number of aliphatic hydroxyl groups excluding tert-OH is 2. The van der Waals surface area contributed by atoms with Crippen molar-refractivity contribution < 1.29 is 14.9 Å². The Morgan fingerprint density at radius 3 is 2.30 bits per heavy atom. The molecule has 1 aliphatic rings. The van der Waals surface area contributed by atoms with E-state index in [0.717, 1.165) is 10.7 Å². The van der Waals surface area contributed by atoms with Gasteiger partial charge in [-0.25, -0.2) is 9.97 Å². The van der Waals surface area contributed by atoms with E-state index in [9.17, 15) is 10.2 Å². The van der Waals surface area contributed by atoms with E-state index in [4.69, 9.17) is 14.7 Å². The third kappa shape index (κ3) is 6.45. The highest BCUT2D eigenvalue weighted by molar-refractivity contribution is 7.11. The van der Waals surface area contributed by atoms with Gasteiger partial charge in [-0.1, -0.05) is 72.0 Å². The van der Waals surface area contributed by atoms with Gasteiger partial charge in [-0.3, -0.25) is 4.57 Å². The minimum absolute atomic E-state index is 0.0373. The first-order valence-corrected chi connectivity index (χ1v) is 16.3. The molecule has 4 N–H and O–H groups in total. The number of aliphatic hydroxyl groups is 2. The Morgan fingerprint density at radius 1 is 0.936 bits per heavy atom. The van der Waals surface area contributed by atoms with Crippen molar-refractivity contribution in [1.29, 1.82) is 0 Å². The summed E-state index contributed by atoms with van der Waals surface area (Å²) in [6.45, 7) is 4.41. The van der Waals surface area contributed by atoms with Crippen molar-refractivity contribution in [3.8, 4) is 0 Å². The van der Waals surface area contributed by atoms with Gasteiger partial charge < -0.3 is 30.2 Å². The number of hydrogen-bond acceptors (Lipinski definition) is 12. The second-order valence-electron chi connectivity index (χ2n) is 11.8. The van der Waals surface area contributed by atoms with Gasteiger partial charge in [-0.2, -0.15) is 9.97 Å². The molecule has 13 nitrogen and oxygen atoms in total. The van der Waals surface area contributed by atoms with Gasteiger partial charge in [0.25, 0.3) is 0 Å². The van der Waals surface area contributed by atoms with Crippen molar-refractivity contribution in [3.05, 3.63) is 106 Å². The van der Waals surface area contributed by atoms with Gasteiger partial charge in [0.1, 0.15) is 28.3 Å². The molecule has 47 heavy (non-hydrogen) atoms. The first kappa shape index (κ1) is 30.9. The summed E-state index contributed by atoms with van der Waals surface area (Å²) < 4.78 is 9.77. The molecule has 1 unspecified atom stereocenters. The second kappa shape index (κ2) is 13.2. The van der Waals surface area contributed by atoms with Crippen LogP contribution < -0.4 is 10.6 Å². The van der Waals surface area contributed by atoms with Crippen LogP contribution in [0.5, 0.6) is 0 Å². The zero-order chi connectivity index (χ0) is 32.5. The lowest BCUT2D eigenvalue weighted by atomic mass is 9.91. The number of anilines is 2. The van der Waals surface area contributed by atoms with Crippen molar-refractivity contribution in [2.45, 2.75) is 56.8 Å². The minimum atomic E-state index is -1.26. The Morgan fingerprint density at radius 2 is 1.66 bits per heavy atom. The maximum Gasteiger partial charge on any atom is 0.227 e. The van der Waals surface area contributed by atoms with Gasteiger partial charge in [0.15, 0.2) is 23.2 Å². The van der Waals surface area contributed by atoms with Crippen LogP contribution in [0.15, 0.2) is 79.5 Å². The molecule has 0 spiro atoms. The van der Waals surface area contributed by atoms with Gasteiger partial charge in [-0.05, 0) is 25.0 Å². The summed E-state index contributed by atoms with van der Waals surface area (Å²) in [6, 6.07) is 20.6. The summed E-state index contributed by atoms with van der Waals surface area (Å²) in [7, 11) is 1.94. The molecule has 0 bridgehead atoms. The van der Waals surface area contributed by atoms with Gasteiger partial charge in [-0.15, -0.1) is 10.2 Å². The zero-order valence-electron chi connectivity index (χ0n) is 26.2. The fraction of sp³-hybridized carbons (Fsp3) is 0.333. The van der Waals surface area contributed by atoms with Crippen molar-refractivity contribution >= 4 is 34.3 Å². The molecular formula is C33H36N10O3S. The van der Waals surface area contributed by atoms with Crippen molar-refractivity contribution in [2.24, 2.45) is 7.05 Å². The Labute approximate surface area is 275 Å². The number of nitrogens with zero attached hydrogens (tertiary/aromatic N) is 8. The van der Waals surface area contributed by atoms with Crippen LogP contribution in [0.2, 0.25) is 0 Å². The SMILES string of the molecule is Cc1nnc([C@H]2O[C@@H](n3cnc4c(NCC(c5ccccc5)c5ccccc5)nc(NC(C)Cc5cn(C)cn5)nc43)[C@H](O)[C@@H]2O)s1. The topological polar surface area (TPSA) is 161 Å². The number of imidazole rings is 2. The Bertz CT molecular complexity index is 1910. The van der Waals surface area contributed by atoms with Crippen LogP contribution >= 0.6 is 11.3 Å². The average molecular weight is 653 g/mol. The molecule has 1 saturated heterocycles. The quantitative estimate of drug-likeness (QED) is 0.160. The van der Waals surface area contributed by atoms with Gasteiger partial charge in [0.05, 0.1) is 18.3 Å². The third-order valence-electron chi connectivity index (χ3n) is 8.25. The second-order valence-corrected chi connectivity index (χ2v) is 13.1. The average Bonchev–Trinajstić information content (AvgIpc) is 3.86. The number of benzene rings is 2. The molecule has 14 heteroatoms. The first-order chi connectivity index (χ1) is 22.8. The van der Waals surface area contributed by atoms with E-state index in [1.165, 1.54) is 22.5 Å². The largest absolute Gasteiger partial charge is 0.387 e. The van der Waals surface area contributed by atoms with E-state index in [1.54, 1.807) is 17.2 Å². The number of hydrogen-bond donors (Lipinski definition) is 4. The highest BCUT2D eigenvalue weighted by atomic mass is 32.1. The third-order valence-corrected chi connectivity index (χ3v) is 9.15. The molecule has 1 aliphatic heterocycles. The van der Waals surface area contributed by atoms with Gasteiger partial charge in [0.2, 0.25) is 5.95 Å². The number of aromatic nitrogens is 8. The molecule has 2 aromatic carbocycles. The Balaban J connectivity index is 1.23. The lowest BCUT2D eigenvalue weighted by molar-refractivity contribution is -0.0360. The van der Waals surface area contributed by atoms with Crippen LogP contribution in [0.1, 0.15) is 52.0 Å². The van der Waals surface area contributed by atoms with Crippen LogP contribution in [0.4, 0.5) is 11.8 Å². The van der Waals surface area contributed by atoms with E-state index in [2.05, 4.69) is 55.1 Å². The number of aryl methyl sites for hydroxylation is 2. The van der Waals surface area contributed by atoms with Crippen LogP contribution in [-0.4, -0.2) is 74.3 Å². The molecule has 0 aliphatic carbocycles. The first-order valence-electron chi connectivity index (χ1n) is 15.5. The van der Waals surface area contributed by atoms with Crippen LogP contribution in [0.25, 0.3) is 11.2 Å². The standard InChI is InChI=1S/C33H36N10O3S/c1-19(14-23-16-42(3)17-35-23)37-33-38-29(34-15-24(21-10-6-4-7-11-21)22-12-8-5-9-13-22)25-30(39-33)43(18-36-25)32-27(45)26(44)28(46-32)31-41-40-20(2)47-31/h4-13,16-19,24,26-28,32,44-45H,14-15H2,1-3H3,(H2,34,37,38,39)/t19?,26-,27+,28-,32+/m0/s1. The molecule has 7 rings (SSSR count). The summed E-state index contributed by atoms with van der Waals surface area (Å²) in [6.07, 6.45) is 1.71. The number of nitrogens with one attached hydrogen (secondary N) is 2. The summed E-state index contributed by atoms with van der Waals surface area (Å²) in [5.41, 5.74) is 4.22. The minimum Gasteiger partial charge on any atom is -0.387 e. The summed E-state index contributed by atoms with van der Waals surface area (Å²) in [5.74, 6) is 0.947. The normalized spacial score (nSPS) is 20.2. The lowest BCUT2D eigenvalue weighted by Crippen LogP contribution is -2.29. The van der Waals surface area contributed by atoms with Crippen molar-refractivity contribution in [3.63, 3.8) is 0 Å². The predicted molar refractivity (Wildman–Crippen MR) is 178 cm³/mol. The molecule has 0 saturated carbocycles. The molecular weight excluding hydrogens is 616 g/mol. The molecule has 0 radical (unpaired) electrons. The zero-order valence-corrected chi connectivity index (χ0v) is 27.0. The number of rotatable bonds is 11. The summed E-state index contributed by atoms with van der Waals surface area (Å²) in [5, 5.41) is 38.5. The van der Waals surface area contributed by atoms with Crippen molar-refractivity contribution in [1.82, 2.24) is 39.3 Å². The Kier molecular flexibility index (Phi) is 8.64. The maximum absolute atomic E-state index is 11.2. The van der Waals surface area contributed by atoms with E-state index in [-0.39, 0.29) is 12.0 Å². The van der Waals surface area contributed by atoms with E-state index >= 15 is 0 Å². The van der Waals surface area contributed by atoms with Crippen LogP contribution in [0.3, 0.4) is 0 Å². The lowest BCUT2D eigenvalue weighted by Gasteiger charge is -2.20. The smallest absolute Gasteiger partial charge is 0.227 e. The monoisotopic (exact) mass is 652 g/mol.